The zero-order valence-corrected chi connectivity index (χ0v) is 18.4. The highest BCUT2D eigenvalue weighted by molar-refractivity contribution is 8.23. The van der Waals surface area contributed by atoms with Gasteiger partial charge in [-0.1, -0.05) is 50.7 Å². The van der Waals surface area contributed by atoms with E-state index in [-0.39, 0.29) is 17.1 Å². The maximum atomic E-state index is 13.1. The van der Waals surface area contributed by atoms with Crippen LogP contribution in [0.2, 0.25) is 0 Å². The lowest BCUT2D eigenvalue weighted by Gasteiger charge is -2.20. The molecule has 0 saturated carbocycles. The molecule has 156 valence electrons. The van der Waals surface area contributed by atoms with Crippen molar-refractivity contribution in [1.82, 2.24) is 4.90 Å². The van der Waals surface area contributed by atoms with Gasteiger partial charge in [-0.2, -0.15) is 8.42 Å². The summed E-state index contributed by atoms with van der Waals surface area (Å²) in [4.78, 5) is 14.1. The summed E-state index contributed by atoms with van der Waals surface area (Å²) < 4.78 is 45.0. The van der Waals surface area contributed by atoms with Gasteiger partial charge in [-0.05, 0) is 18.9 Å². The lowest BCUT2D eigenvalue weighted by molar-refractivity contribution is 0.0855. The number of hydrogen-bond acceptors (Lipinski definition) is 7. The lowest BCUT2D eigenvalue weighted by atomic mass is 10.1. The van der Waals surface area contributed by atoms with E-state index in [0.29, 0.717) is 29.8 Å². The van der Waals surface area contributed by atoms with Crippen molar-refractivity contribution in [1.29, 1.82) is 0 Å². The molecule has 1 amide bonds. The van der Waals surface area contributed by atoms with Crippen molar-refractivity contribution >= 4 is 44.3 Å². The number of nitrogens with zero attached hydrogens (tertiary/aromatic N) is 1. The zero-order valence-electron chi connectivity index (χ0n) is 16.0. The Bertz CT molecular complexity index is 825. The number of amides is 1. The normalized spacial score (nSPS) is 14.4. The molecule has 1 fully saturated rings. The van der Waals surface area contributed by atoms with E-state index >= 15 is 0 Å². The minimum Gasteiger partial charge on any atom is -0.490 e. The van der Waals surface area contributed by atoms with Crippen LogP contribution in [-0.2, 0) is 10.1 Å². The number of hydrogen-bond donors (Lipinski definition) is 1. The Hall–Kier alpha value is -1.36. The molecule has 7 nitrogen and oxygen atoms in total. The average Bonchev–Trinajstić information content (AvgIpc) is 3.07. The fourth-order valence-electron chi connectivity index (χ4n) is 2.51. The minimum atomic E-state index is -4.54. The molecule has 1 N–H and O–H groups in total. The Morgan fingerprint density at radius 2 is 1.86 bits per heavy atom. The third-order valence-electron chi connectivity index (χ3n) is 4.06. The second kappa shape index (κ2) is 10.4. The second-order valence-electron chi connectivity index (χ2n) is 6.25. The van der Waals surface area contributed by atoms with E-state index in [0.717, 1.165) is 31.7 Å². The van der Waals surface area contributed by atoms with Crippen LogP contribution in [0.25, 0.3) is 0 Å². The highest BCUT2D eigenvalue weighted by Gasteiger charge is 2.31. The van der Waals surface area contributed by atoms with E-state index < -0.39 is 20.9 Å². The van der Waals surface area contributed by atoms with Crippen molar-refractivity contribution in [2.75, 3.05) is 25.5 Å². The van der Waals surface area contributed by atoms with Gasteiger partial charge in [0, 0.05) is 18.4 Å². The highest BCUT2D eigenvalue weighted by Crippen LogP contribution is 2.37. The van der Waals surface area contributed by atoms with Crippen LogP contribution in [0.15, 0.2) is 17.0 Å². The Morgan fingerprint density at radius 3 is 2.39 bits per heavy atom. The monoisotopic (exact) mass is 447 g/mol. The molecule has 0 spiro atoms. The maximum Gasteiger partial charge on any atom is 0.294 e. The van der Waals surface area contributed by atoms with Crippen LogP contribution in [0.3, 0.4) is 0 Å². The van der Waals surface area contributed by atoms with E-state index in [2.05, 4.69) is 0 Å². The smallest absolute Gasteiger partial charge is 0.294 e. The summed E-state index contributed by atoms with van der Waals surface area (Å²) in [7, 11) is -4.54. The number of thioether (sulfide) groups is 1. The molecule has 2 rings (SSSR count). The van der Waals surface area contributed by atoms with Crippen LogP contribution >= 0.6 is 24.0 Å². The topological polar surface area (TPSA) is 93.1 Å². The van der Waals surface area contributed by atoms with Gasteiger partial charge in [0.1, 0.15) is 4.32 Å². The molecule has 0 radical (unpaired) electrons. The van der Waals surface area contributed by atoms with Crippen LogP contribution in [-0.4, -0.2) is 53.6 Å². The number of unbranched alkanes of at least 4 members (excludes halogenated alkanes) is 2. The van der Waals surface area contributed by atoms with E-state index in [1.54, 1.807) is 0 Å². The fourth-order valence-corrected chi connectivity index (χ4v) is 4.23. The average molecular weight is 448 g/mol. The Morgan fingerprint density at radius 1 is 1.21 bits per heavy atom. The Balaban J connectivity index is 2.54. The van der Waals surface area contributed by atoms with Gasteiger partial charge < -0.3 is 9.47 Å². The first kappa shape index (κ1) is 22.9. The summed E-state index contributed by atoms with van der Waals surface area (Å²) in [5.41, 5.74) is 0.0163. The van der Waals surface area contributed by atoms with Crippen molar-refractivity contribution in [2.24, 2.45) is 0 Å². The maximum absolute atomic E-state index is 13.1. The van der Waals surface area contributed by atoms with Crippen molar-refractivity contribution < 1.29 is 27.2 Å². The Labute approximate surface area is 175 Å². The molecule has 0 atom stereocenters. The first-order valence-electron chi connectivity index (χ1n) is 9.19. The molecular formula is C18H25NO6S3. The minimum absolute atomic E-state index is 0.0163. The van der Waals surface area contributed by atoms with E-state index in [4.69, 9.17) is 21.7 Å². The van der Waals surface area contributed by atoms with Gasteiger partial charge >= 0.3 is 0 Å². The van der Waals surface area contributed by atoms with Crippen LogP contribution in [0.5, 0.6) is 11.5 Å². The number of benzene rings is 1. The zero-order chi connectivity index (χ0) is 20.7. The van der Waals surface area contributed by atoms with Crippen molar-refractivity contribution in [2.45, 2.75) is 44.4 Å². The standard InChI is InChI=1S/C18H25NO6S3/c1-3-5-8-24-15-12-13(28(21,22)23)11-14(16(15)25-9-6-4-2)17(20)19-7-10-27-18(19)26/h11-12H,3-10H2,1-2H3,(H,21,22,23). The van der Waals surface area contributed by atoms with Gasteiger partial charge in [-0.25, -0.2) is 0 Å². The molecule has 1 aliphatic rings. The lowest BCUT2D eigenvalue weighted by Crippen LogP contribution is -2.31. The van der Waals surface area contributed by atoms with Gasteiger partial charge in [-0.15, -0.1) is 0 Å². The first-order chi connectivity index (χ1) is 13.3. The molecule has 28 heavy (non-hydrogen) atoms. The molecule has 0 unspecified atom stereocenters. The van der Waals surface area contributed by atoms with Crippen LogP contribution in [0, 0.1) is 0 Å². The molecule has 1 aromatic carbocycles. The van der Waals surface area contributed by atoms with Crippen molar-refractivity contribution in [3.8, 4) is 11.5 Å². The van der Waals surface area contributed by atoms with Gasteiger partial charge in [0.05, 0.1) is 23.7 Å². The van der Waals surface area contributed by atoms with Crippen LogP contribution in [0.4, 0.5) is 0 Å². The predicted octanol–water partition coefficient (Wildman–Crippen LogP) is 3.77. The fraction of sp³-hybridized carbons (Fsp3) is 0.556. The van der Waals surface area contributed by atoms with Gasteiger partial charge in [0.25, 0.3) is 16.0 Å². The number of carbonyl (C=O) groups is 1. The van der Waals surface area contributed by atoms with Crippen molar-refractivity contribution in [3.63, 3.8) is 0 Å². The van der Waals surface area contributed by atoms with Crippen LogP contribution < -0.4 is 9.47 Å². The predicted molar refractivity (Wildman–Crippen MR) is 113 cm³/mol. The molecule has 0 bridgehead atoms. The van der Waals surface area contributed by atoms with Gasteiger partial charge in [-0.3, -0.25) is 14.2 Å². The third-order valence-corrected chi connectivity index (χ3v) is 6.32. The van der Waals surface area contributed by atoms with E-state index in [1.165, 1.54) is 22.7 Å². The summed E-state index contributed by atoms with van der Waals surface area (Å²) in [5.74, 6) is 0.517. The summed E-state index contributed by atoms with van der Waals surface area (Å²) in [6, 6.07) is 2.32. The van der Waals surface area contributed by atoms with Crippen LogP contribution in [0.1, 0.15) is 49.9 Å². The van der Waals surface area contributed by atoms with E-state index in [1.807, 2.05) is 13.8 Å². The quantitative estimate of drug-likeness (QED) is 0.329. The molecule has 1 aliphatic heterocycles. The summed E-state index contributed by atoms with van der Waals surface area (Å²) in [5, 5.41) is 0. The Kier molecular flexibility index (Phi) is 8.54. The molecule has 1 saturated heterocycles. The third kappa shape index (κ3) is 5.82. The molecule has 10 heteroatoms. The summed E-state index contributed by atoms with van der Waals surface area (Å²) >= 11 is 6.60. The van der Waals surface area contributed by atoms with Gasteiger partial charge in [0.15, 0.2) is 11.5 Å². The highest BCUT2D eigenvalue weighted by atomic mass is 32.2. The summed E-state index contributed by atoms with van der Waals surface area (Å²) in [6.07, 6.45) is 3.29. The van der Waals surface area contributed by atoms with Gasteiger partial charge in [0.2, 0.25) is 0 Å². The number of ether oxygens (including phenoxy) is 2. The number of rotatable bonds is 10. The number of carbonyl (C=O) groups excluding carboxylic acids is 1. The van der Waals surface area contributed by atoms with E-state index in [9.17, 15) is 17.8 Å². The second-order valence-corrected chi connectivity index (χ2v) is 9.40. The molecule has 0 aliphatic carbocycles. The largest absolute Gasteiger partial charge is 0.490 e. The summed E-state index contributed by atoms with van der Waals surface area (Å²) in [6.45, 7) is 5.12. The first-order valence-corrected chi connectivity index (χ1v) is 12.0. The SMILES string of the molecule is CCCCOc1cc(S(=O)(=O)O)cc(C(=O)N2CCSC2=S)c1OCCCC. The molecule has 1 heterocycles. The van der Waals surface area contributed by atoms with Crippen molar-refractivity contribution in [3.05, 3.63) is 17.7 Å². The number of thiocarbonyl (C=S) groups is 1. The molecule has 0 aromatic heterocycles. The molecular weight excluding hydrogens is 422 g/mol. The molecule has 1 aromatic rings.